The van der Waals surface area contributed by atoms with Crippen LogP contribution in [0.4, 0.5) is 11.4 Å². The van der Waals surface area contributed by atoms with Gasteiger partial charge in [-0.2, -0.15) is 0 Å². The van der Waals surface area contributed by atoms with Crippen LogP contribution in [0.25, 0.3) is 0 Å². The molecule has 0 fully saturated rings. The highest BCUT2D eigenvalue weighted by Gasteiger charge is 2.16. The van der Waals surface area contributed by atoms with Crippen LogP contribution in [0.15, 0.2) is 48.5 Å². The molecule has 0 aliphatic rings. The number of benzene rings is 2. The highest BCUT2D eigenvalue weighted by molar-refractivity contribution is 8.01. The summed E-state index contributed by atoms with van der Waals surface area (Å²) in [7, 11) is 0. The molecule has 0 bridgehead atoms. The highest BCUT2D eigenvalue weighted by Crippen LogP contribution is 2.24. The van der Waals surface area contributed by atoms with Crippen molar-refractivity contribution in [1.29, 1.82) is 0 Å². The average molecular weight is 363 g/mol. The van der Waals surface area contributed by atoms with Crippen molar-refractivity contribution in [3.05, 3.63) is 59.1 Å². The number of halogens is 1. The molecule has 2 amide bonds. The van der Waals surface area contributed by atoms with Crippen LogP contribution in [0, 0.1) is 6.92 Å². The van der Waals surface area contributed by atoms with Gasteiger partial charge in [-0.15, -0.1) is 11.8 Å². The molecule has 2 aromatic rings. The van der Waals surface area contributed by atoms with E-state index in [9.17, 15) is 9.59 Å². The van der Waals surface area contributed by atoms with Gasteiger partial charge < -0.3 is 10.6 Å². The van der Waals surface area contributed by atoms with Gasteiger partial charge in [-0.05, 0) is 43.7 Å². The van der Waals surface area contributed by atoms with Crippen LogP contribution in [0.2, 0.25) is 5.02 Å². The van der Waals surface area contributed by atoms with Gasteiger partial charge in [-0.25, -0.2) is 0 Å². The number of thioether (sulfide) groups is 1. The maximum Gasteiger partial charge on any atom is 0.237 e. The van der Waals surface area contributed by atoms with E-state index in [2.05, 4.69) is 10.6 Å². The standard InChI is InChI=1S/C18H19ClN2O2S/c1-12-15(19)9-6-10-16(12)21-18(23)13(2)24-11-17(22)20-14-7-4-3-5-8-14/h3-10,13H,11H2,1-2H3,(H,20,22)(H,21,23)/t13-/m1/s1. The Hall–Kier alpha value is -1.98. The molecule has 0 aliphatic heterocycles. The molecule has 2 rings (SSSR count). The van der Waals surface area contributed by atoms with Gasteiger partial charge in [0.2, 0.25) is 11.8 Å². The number of carbonyl (C=O) groups excluding carboxylic acids is 2. The van der Waals surface area contributed by atoms with E-state index in [0.29, 0.717) is 10.7 Å². The Morgan fingerprint density at radius 3 is 2.50 bits per heavy atom. The van der Waals surface area contributed by atoms with Crippen molar-refractivity contribution in [2.45, 2.75) is 19.1 Å². The summed E-state index contributed by atoms with van der Waals surface area (Å²) in [6.07, 6.45) is 0. The molecule has 6 heteroatoms. The third-order valence-electron chi connectivity index (χ3n) is 3.42. The molecule has 0 saturated carbocycles. The maximum absolute atomic E-state index is 12.2. The minimum absolute atomic E-state index is 0.134. The fourth-order valence-corrected chi connectivity index (χ4v) is 2.83. The summed E-state index contributed by atoms with van der Waals surface area (Å²) < 4.78 is 0. The lowest BCUT2D eigenvalue weighted by Gasteiger charge is -2.14. The van der Waals surface area contributed by atoms with Crippen molar-refractivity contribution in [1.82, 2.24) is 0 Å². The molecule has 126 valence electrons. The second kappa shape index (κ2) is 8.76. The van der Waals surface area contributed by atoms with Crippen molar-refractivity contribution < 1.29 is 9.59 Å². The van der Waals surface area contributed by atoms with Crippen LogP contribution < -0.4 is 10.6 Å². The maximum atomic E-state index is 12.2. The Kier molecular flexibility index (Phi) is 6.70. The highest BCUT2D eigenvalue weighted by atomic mass is 35.5. The van der Waals surface area contributed by atoms with Gasteiger partial charge in [-0.3, -0.25) is 9.59 Å². The zero-order valence-corrected chi connectivity index (χ0v) is 15.1. The van der Waals surface area contributed by atoms with Crippen molar-refractivity contribution in [3.8, 4) is 0 Å². The van der Waals surface area contributed by atoms with Crippen molar-refractivity contribution in [2.24, 2.45) is 0 Å². The SMILES string of the molecule is Cc1c(Cl)cccc1NC(=O)[C@@H](C)SCC(=O)Nc1ccccc1. The van der Waals surface area contributed by atoms with Gasteiger partial charge in [0.25, 0.3) is 0 Å². The first-order chi connectivity index (χ1) is 11.5. The number of hydrogen-bond acceptors (Lipinski definition) is 3. The molecule has 0 unspecified atom stereocenters. The second-order valence-corrected chi connectivity index (χ2v) is 7.01. The Morgan fingerprint density at radius 2 is 1.79 bits per heavy atom. The molecule has 2 aromatic carbocycles. The summed E-state index contributed by atoms with van der Waals surface area (Å²) >= 11 is 7.33. The van der Waals surface area contributed by atoms with E-state index in [-0.39, 0.29) is 22.8 Å². The number of hydrogen-bond donors (Lipinski definition) is 2. The van der Waals surface area contributed by atoms with Crippen LogP contribution in [-0.2, 0) is 9.59 Å². The lowest BCUT2D eigenvalue weighted by molar-refractivity contribution is -0.115. The Morgan fingerprint density at radius 1 is 1.08 bits per heavy atom. The minimum Gasteiger partial charge on any atom is -0.325 e. The number of para-hydroxylation sites is 1. The predicted molar refractivity (Wildman–Crippen MR) is 102 cm³/mol. The molecule has 0 spiro atoms. The van der Waals surface area contributed by atoms with Crippen molar-refractivity contribution >= 4 is 46.6 Å². The third kappa shape index (κ3) is 5.28. The zero-order valence-electron chi connectivity index (χ0n) is 13.5. The van der Waals surface area contributed by atoms with E-state index in [1.165, 1.54) is 11.8 Å². The monoisotopic (exact) mass is 362 g/mol. The topological polar surface area (TPSA) is 58.2 Å². The number of amides is 2. The number of anilines is 2. The molecule has 2 N–H and O–H groups in total. The lowest BCUT2D eigenvalue weighted by atomic mass is 10.2. The first kappa shape index (κ1) is 18.4. The van der Waals surface area contributed by atoms with E-state index < -0.39 is 0 Å². The lowest BCUT2D eigenvalue weighted by Crippen LogP contribution is -2.25. The van der Waals surface area contributed by atoms with Crippen molar-refractivity contribution in [2.75, 3.05) is 16.4 Å². The molecule has 0 heterocycles. The average Bonchev–Trinajstić information content (AvgIpc) is 2.57. The Bertz CT molecular complexity index is 722. The van der Waals surface area contributed by atoms with Gasteiger partial charge in [-0.1, -0.05) is 35.9 Å². The van der Waals surface area contributed by atoms with Crippen LogP contribution in [0.1, 0.15) is 12.5 Å². The molecule has 0 aliphatic carbocycles. The molecular formula is C18H19ClN2O2S. The van der Waals surface area contributed by atoms with Gasteiger partial charge in [0.05, 0.1) is 11.0 Å². The molecule has 24 heavy (non-hydrogen) atoms. The zero-order chi connectivity index (χ0) is 17.5. The van der Waals surface area contributed by atoms with Gasteiger partial charge in [0, 0.05) is 16.4 Å². The summed E-state index contributed by atoms with van der Waals surface area (Å²) in [5.41, 5.74) is 2.26. The number of nitrogens with one attached hydrogen (secondary N) is 2. The molecule has 0 aromatic heterocycles. The summed E-state index contributed by atoms with van der Waals surface area (Å²) in [6.45, 7) is 3.62. The fraction of sp³-hybridized carbons (Fsp3) is 0.222. The second-order valence-electron chi connectivity index (χ2n) is 5.27. The third-order valence-corrected chi connectivity index (χ3v) is 4.97. The van der Waals surface area contributed by atoms with Crippen LogP contribution in [0.3, 0.4) is 0 Å². The Labute approximate surface area is 151 Å². The summed E-state index contributed by atoms with van der Waals surface area (Å²) in [4.78, 5) is 24.2. The minimum atomic E-state index is -0.357. The molecule has 0 radical (unpaired) electrons. The summed E-state index contributed by atoms with van der Waals surface area (Å²) in [5, 5.41) is 5.89. The first-order valence-electron chi connectivity index (χ1n) is 7.50. The van der Waals surface area contributed by atoms with Gasteiger partial charge in [0.15, 0.2) is 0 Å². The number of rotatable bonds is 6. The van der Waals surface area contributed by atoms with Crippen molar-refractivity contribution in [3.63, 3.8) is 0 Å². The van der Waals surface area contributed by atoms with E-state index >= 15 is 0 Å². The smallest absolute Gasteiger partial charge is 0.237 e. The van der Waals surface area contributed by atoms with E-state index in [1.54, 1.807) is 25.1 Å². The summed E-state index contributed by atoms with van der Waals surface area (Å²) in [6, 6.07) is 14.6. The summed E-state index contributed by atoms with van der Waals surface area (Å²) in [5.74, 6) is -0.0828. The predicted octanol–water partition coefficient (Wildman–Crippen LogP) is 4.35. The molecule has 1 atom stereocenters. The van der Waals surface area contributed by atoms with E-state index in [4.69, 9.17) is 11.6 Å². The van der Waals surface area contributed by atoms with E-state index in [1.807, 2.05) is 37.3 Å². The normalized spacial score (nSPS) is 11.6. The molecule has 0 saturated heterocycles. The van der Waals surface area contributed by atoms with Crippen LogP contribution in [0.5, 0.6) is 0 Å². The van der Waals surface area contributed by atoms with Crippen LogP contribution >= 0.6 is 23.4 Å². The number of carbonyl (C=O) groups is 2. The molecule has 4 nitrogen and oxygen atoms in total. The van der Waals surface area contributed by atoms with Gasteiger partial charge >= 0.3 is 0 Å². The first-order valence-corrected chi connectivity index (χ1v) is 8.92. The van der Waals surface area contributed by atoms with Crippen LogP contribution in [-0.4, -0.2) is 22.8 Å². The fourth-order valence-electron chi connectivity index (χ4n) is 1.97. The van der Waals surface area contributed by atoms with Gasteiger partial charge in [0.1, 0.15) is 0 Å². The van der Waals surface area contributed by atoms with E-state index in [0.717, 1.165) is 11.3 Å². The largest absolute Gasteiger partial charge is 0.325 e. The molecular weight excluding hydrogens is 344 g/mol. The Balaban J connectivity index is 1.83. The quantitative estimate of drug-likeness (QED) is 0.803.